The van der Waals surface area contributed by atoms with Crippen LogP contribution in [0, 0.1) is 5.92 Å². The second-order valence-corrected chi connectivity index (χ2v) is 5.27. The first-order chi connectivity index (χ1) is 9.88. The number of alkyl halides is 3. The summed E-state index contributed by atoms with van der Waals surface area (Å²) >= 11 is 0. The van der Waals surface area contributed by atoms with E-state index in [9.17, 15) is 18.0 Å². The van der Waals surface area contributed by atoms with Gasteiger partial charge in [-0.15, -0.1) is 5.10 Å². The molecule has 9 heteroatoms. The third-order valence-corrected chi connectivity index (χ3v) is 3.66. The molecule has 6 nitrogen and oxygen atoms in total. The number of nitrogens with zero attached hydrogens (tertiary/aromatic N) is 3. The topological polar surface area (TPSA) is 85.8 Å². The third kappa shape index (κ3) is 4.42. The first-order valence-electron chi connectivity index (χ1n) is 6.83. The first kappa shape index (κ1) is 15.7. The molecule has 1 fully saturated rings. The van der Waals surface area contributed by atoms with E-state index < -0.39 is 12.1 Å². The van der Waals surface area contributed by atoms with Crippen LogP contribution in [0.5, 0.6) is 0 Å². The Hall–Kier alpha value is -1.64. The van der Waals surface area contributed by atoms with Crippen LogP contribution in [0.2, 0.25) is 0 Å². The summed E-state index contributed by atoms with van der Waals surface area (Å²) in [6.07, 6.45) is -1.73. The lowest BCUT2D eigenvalue weighted by atomic mass is 9.85. The zero-order valence-electron chi connectivity index (χ0n) is 11.4. The highest BCUT2D eigenvalue weighted by Crippen LogP contribution is 2.37. The van der Waals surface area contributed by atoms with Crippen molar-refractivity contribution in [3.8, 4) is 0 Å². The van der Waals surface area contributed by atoms with Crippen LogP contribution in [-0.2, 0) is 17.9 Å². The molecule has 1 aliphatic rings. The highest BCUT2D eigenvalue weighted by Gasteiger charge is 2.41. The molecule has 1 heterocycles. The highest BCUT2D eigenvalue weighted by molar-refractivity contribution is 5.75. The molecule has 118 valence electrons. The van der Waals surface area contributed by atoms with Crippen molar-refractivity contribution in [1.82, 2.24) is 20.3 Å². The zero-order valence-corrected chi connectivity index (χ0v) is 11.4. The van der Waals surface area contributed by atoms with Crippen LogP contribution >= 0.6 is 0 Å². The standard InChI is InChI=1S/C12H18F3N5O/c13-12(14,15)8-1-3-9(4-2-8)17-11(21)7-20-6-10(5-16)18-19-20/h6,8-9H,1-5,7,16H2,(H,17,21). The number of aromatic nitrogens is 3. The normalized spacial score (nSPS) is 23.0. The predicted molar refractivity (Wildman–Crippen MR) is 67.9 cm³/mol. The average Bonchev–Trinajstić information content (AvgIpc) is 2.85. The van der Waals surface area contributed by atoms with E-state index in [0.29, 0.717) is 18.5 Å². The number of hydrogen-bond acceptors (Lipinski definition) is 4. The molecule has 1 saturated carbocycles. The maximum Gasteiger partial charge on any atom is 0.391 e. The second kappa shape index (κ2) is 6.42. The monoisotopic (exact) mass is 305 g/mol. The molecule has 0 unspecified atom stereocenters. The first-order valence-corrected chi connectivity index (χ1v) is 6.83. The van der Waals surface area contributed by atoms with Gasteiger partial charge in [0.05, 0.1) is 17.8 Å². The van der Waals surface area contributed by atoms with E-state index in [0.717, 1.165) is 0 Å². The number of rotatable bonds is 4. The van der Waals surface area contributed by atoms with Crippen molar-refractivity contribution >= 4 is 5.91 Å². The number of amides is 1. The van der Waals surface area contributed by atoms with Gasteiger partial charge in [-0.05, 0) is 25.7 Å². The molecule has 1 aromatic rings. The lowest BCUT2D eigenvalue weighted by molar-refractivity contribution is -0.182. The molecule has 1 aromatic heterocycles. The summed E-state index contributed by atoms with van der Waals surface area (Å²) in [7, 11) is 0. The number of nitrogens with one attached hydrogen (secondary N) is 1. The molecule has 1 amide bonds. The van der Waals surface area contributed by atoms with Crippen molar-refractivity contribution in [2.75, 3.05) is 0 Å². The number of carbonyl (C=O) groups excluding carboxylic acids is 1. The lowest BCUT2D eigenvalue weighted by Gasteiger charge is -2.30. The van der Waals surface area contributed by atoms with Gasteiger partial charge in [0.1, 0.15) is 6.54 Å². The smallest absolute Gasteiger partial charge is 0.352 e. The fourth-order valence-corrected chi connectivity index (χ4v) is 2.49. The minimum atomic E-state index is -4.13. The lowest BCUT2D eigenvalue weighted by Crippen LogP contribution is -2.41. The van der Waals surface area contributed by atoms with E-state index in [1.165, 1.54) is 4.68 Å². The number of hydrogen-bond donors (Lipinski definition) is 2. The Morgan fingerprint density at radius 3 is 2.57 bits per heavy atom. The molecule has 3 N–H and O–H groups in total. The van der Waals surface area contributed by atoms with Crippen molar-refractivity contribution in [2.24, 2.45) is 11.7 Å². The van der Waals surface area contributed by atoms with E-state index in [1.54, 1.807) is 6.20 Å². The fourth-order valence-electron chi connectivity index (χ4n) is 2.49. The van der Waals surface area contributed by atoms with Crippen LogP contribution in [0.3, 0.4) is 0 Å². The molecule has 0 radical (unpaired) electrons. The van der Waals surface area contributed by atoms with E-state index >= 15 is 0 Å². The SMILES string of the molecule is NCc1cn(CC(=O)NC2CCC(C(F)(F)F)CC2)nn1. The summed E-state index contributed by atoms with van der Waals surface area (Å²) in [5.74, 6) is -1.52. The molecule has 21 heavy (non-hydrogen) atoms. The van der Waals surface area contributed by atoms with Gasteiger partial charge in [0, 0.05) is 12.6 Å². The number of halogens is 3. The van der Waals surface area contributed by atoms with Gasteiger partial charge in [0.25, 0.3) is 0 Å². The van der Waals surface area contributed by atoms with E-state index in [4.69, 9.17) is 5.73 Å². The maximum atomic E-state index is 12.5. The Labute approximate surface area is 119 Å². The van der Waals surface area contributed by atoms with Crippen LogP contribution in [0.1, 0.15) is 31.4 Å². The third-order valence-electron chi connectivity index (χ3n) is 3.66. The largest absolute Gasteiger partial charge is 0.391 e. The Balaban J connectivity index is 1.76. The van der Waals surface area contributed by atoms with Crippen molar-refractivity contribution in [3.63, 3.8) is 0 Å². The molecule has 2 rings (SSSR count). The van der Waals surface area contributed by atoms with Crippen molar-refractivity contribution in [1.29, 1.82) is 0 Å². The van der Waals surface area contributed by atoms with Crippen molar-refractivity contribution in [2.45, 2.75) is 51.0 Å². The molecule has 0 saturated heterocycles. The van der Waals surface area contributed by atoms with E-state index in [2.05, 4.69) is 15.6 Å². The maximum absolute atomic E-state index is 12.5. The minimum absolute atomic E-state index is 0.00774. The molecule has 1 aliphatic carbocycles. The van der Waals surface area contributed by atoms with Gasteiger partial charge in [-0.3, -0.25) is 4.79 Å². The average molecular weight is 305 g/mol. The quantitative estimate of drug-likeness (QED) is 0.868. The summed E-state index contributed by atoms with van der Waals surface area (Å²) in [6.45, 7) is 0.231. The molecule has 0 atom stereocenters. The molecule has 0 spiro atoms. The summed E-state index contributed by atoms with van der Waals surface area (Å²) in [5, 5.41) is 10.2. The summed E-state index contributed by atoms with van der Waals surface area (Å²) in [6, 6.07) is -0.200. The number of carbonyl (C=O) groups is 1. The fraction of sp³-hybridized carbons (Fsp3) is 0.750. The summed E-state index contributed by atoms with van der Waals surface area (Å²) < 4.78 is 39.0. The van der Waals surface area contributed by atoms with E-state index in [1.807, 2.05) is 0 Å². The Morgan fingerprint density at radius 2 is 2.05 bits per heavy atom. The van der Waals surface area contributed by atoms with Crippen LogP contribution in [0.4, 0.5) is 13.2 Å². The predicted octanol–water partition coefficient (Wildman–Crippen LogP) is 0.974. The van der Waals surface area contributed by atoms with Gasteiger partial charge >= 0.3 is 6.18 Å². The number of nitrogens with two attached hydrogens (primary N) is 1. The highest BCUT2D eigenvalue weighted by atomic mass is 19.4. The summed E-state index contributed by atoms with van der Waals surface area (Å²) in [5.41, 5.74) is 5.96. The van der Waals surface area contributed by atoms with Gasteiger partial charge in [0.2, 0.25) is 5.91 Å². The van der Waals surface area contributed by atoms with Gasteiger partial charge in [-0.2, -0.15) is 13.2 Å². The molecule has 0 bridgehead atoms. The molecular weight excluding hydrogens is 287 g/mol. The summed E-state index contributed by atoms with van der Waals surface area (Å²) in [4.78, 5) is 11.8. The van der Waals surface area contributed by atoms with Crippen LogP contribution < -0.4 is 11.1 Å². The minimum Gasteiger partial charge on any atom is -0.352 e. The Kier molecular flexibility index (Phi) is 4.81. The van der Waals surface area contributed by atoms with Gasteiger partial charge in [0.15, 0.2) is 0 Å². The second-order valence-electron chi connectivity index (χ2n) is 5.27. The Bertz CT molecular complexity index is 479. The van der Waals surface area contributed by atoms with Crippen LogP contribution in [-0.4, -0.2) is 33.1 Å². The van der Waals surface area contributed by atoms with Crippen molar-refractivity contribution in [3.05, 3.63) is 11.9 Å². The zero-order chi connectivity index (χ0) is 15.5. The molecule has 0 aliphatic heterocycles. The van der Waals surface area contributed by atoms with Gasteiger partial charge in [-0.1, -0.05) is 5.21 Å². The van der Waals surface area contributed by atoms with Crippen LogP contribution in [0.15, 0.2) is 6.20 Å². The Morgan fingerprint density at radius 1 is 1.38 bits per heavy atom. The van der Waals surface area contributed by atoms with Gasteiger partial charge in [-0.25, -0.2) is 4.68 Å². The molecule has 0 aromatic carbocycles. The van der Waals surface area contributed by atoms with Crippen LogP contribution in [0.25, 0.3) is 0 Å². The van der Waals surface area contributed by atoms with Crippen molar-refractivity contribution < 1.29 is 18.0 Å². The molecular formula is C12H18F3N5O. The van der Waals surface area contributed by atoms with E-state index in [-0.39, 0.29) is 37.9 Å². The van der Waals surface area contributed by atoms with Gasteiger partial charge < -0.3 is 11.1 Å².